The highest BCUT2D eigenvalue weighted by Crippen LogP contribution is 2.15. The second kappa shape index (κ2) is 2.46. The van der Waals surface area contributed by atoms with Crippen molar-refractivity contribution in [3.8, 4) is 0 Å². The number of pyridine rings is 1. The minimum atomic E-state index is 0.715. The van der Waals surface area contributed by atoms with Gasteiger partial charge in [-0.2, -0.15) is 0 Å². The lowest BCUT2D eigenvalue weighted by molar-refractivity contribution is 1.12. The zero-order chi connectivity index (χ0) is 7.84. The molecule has 0 aliphatic rings. The first-order valence-corrected chi connectivity index (χ1v) is 4.34. The molecule has 2 heterocycles. The minimum absolute atomic E-state index is 0.715. The Hall–Kier alpha value is -0.610. The van der Waals surface area contributed by atoms with E-state index in [2.05, 4.69) is 20.9 Å². The Morgan fingerprint density at radius 3 is 3.00 bits per heavy atom. The fourth-order valence-corrected chi connectivity index (χ4v) is 1.92. The number of rotatable bonds is 0. The quantitative estimate of drug-likeness (QED) is 0.688. The Balaban J connectivity index is 3.07. The predicted octanol–water partition coefficient (Wildman–Crippen LogP) is 2.76. The van der Waals surface area contributed by atoms with Crippen LogP contribution in [0.2, 0.25) is 0 Å². The molecule has 11 heavy (non-hydrogen) atoms. The smallest absolute Gasteiger partial charge is 0.182 e. The predicted molar refractivity (Wildman–Crippen MR) is 50.3 cm³/mol. The fraction of sp³-hybridized carbons (Fsp3) is 0. The number of H-pyrrole nitrogens is 1. The van der Waals surface area contributed by atoms with E-state index in [1.807, 2.05) is 28.8 Å². The molecule has 4 heteroatoms. The molecule has 0 aliphatic heterocycles. The highest BCUT2D eigenvalue weighted by atomic mass is 79.9. The molecule has 0 aromatic carbocycles. The van der Waals surface area contributed by atoms with Crippen LogP contribution in [0, 0.1) is 4.77 Å². The van der Waals surface area contributed by atoms with Gasteiger partial charge in [-0.15, -0.1) is 0 Å². The average molecular weight is 229 g/mol. The van der Waals surface area contributed by atoms with E-state index in [0.717, 1.165) is 10.1 Å². The van der Waals surface area contributed by atoms with Crippen LogP contribution in [-0.2, 0) is 0 Å². The number of imidazole rings is 1. The van der Waals surface area contributed by atoms with Crippen LogP contribution in [0.15, 0.2) is 29.0 Å². The number of aromatic amines is 1. The van der Waals surface area contributed by atoms with Crippen LogP contribution >= 0.6 is 28.1 Å². The molecule has 0 unspecified atom stereocenters. The molecule has 2 rings (SSSR count). The molecule has 2 aromatic rings. The molecule has 0 atom stereocenters. The summed E-state index contributed by atoms with van der Waals surface area (Å²) >= 11 is 8.43. The van der Waals surface area contributed by atoms with Gasteiger partial charge < -0.3 is 4.98 Å². The summed E-state index contributed by atoms with van der Waals surface area (Å²) in [7, 11) is 0. The number of aromatic nitrogens is 2. The Bertz CT molecular complexity index is 443. The van der Waals surface area contributed by atoms with Gasteiger partial charge >= 0.3 is 0 Å². The zero-order valence-electron chi connectivity index (χ0n) is 5.54. The minimum Gasteiger partial charge on any atom is -0.325 e. The first-order chi connectivity index (χ1) is 5.29. The van der Waals surface area contributed by atoms with Crippen LogP contribution in [-0.4, -0.2) is 9.38 Å². The highest BCUT2D eigenvalue weighted by Gasteiger charge is 1.98. The van der Waals surface area contributed by atoms with Crippen LogP contribution in [0.4, 0.5) is 0 Å². The van der Waals surface area contributed by atoms with Gasteiger partial charge in [0.25, 0.3) is 0 Å². The van der Waals surface area contributed by atoms with Crippen LogP contribution in [0.3, 0.4) is 0 Å². The fourth-order valence-electron chi connectivity index (χ4n) is 1.02. The third kappa shape index (κ3) is 1.02. The largest absolute Gasteiger partial charge is 0.325 e. The molecular weight excluding hydrogens is 224 g/mol. The van der Waals surface area contributed by atoms with E-state index >= 15 is 0 Å². The van der Waals surface area contributed by atoms with E-state index in [4.69, 9.17) is 12.2 Å². The summed E-state index contributed by atoms with van der Waals surface area (Å²) in [5, 5.41) is 0. The number of halogens is 1. The summed E-state index contributed by atoms with van der Waals surface area (Å²) in [4.78, 5) is 3.01. The maximum absolute atomic E-state index is 5.05. The summed E-state index contributed by atoms with van der Waals surface area (Å²) in [5.41, 5.74) is 1.07. The van der Waals surface area contributed by atoms with E-state index in [0.29, 0.717) is 4.77 Å². The van der Waals surface area contributed by atoms with Gasteiger partial charge in [-0.05, 0) is 40.3 Å². The van der Waals surface area contributed by atoms with Crippen LogP contribution < -0.4 is 0 Å². The molecule has 0 spiro atoms. The molecule has 1 N–H and O–H groups in total. The molecule has 0 amide bonds. The number of fused-ring (bicyclic) bond motifs is 1. The third-order valence-corrected chi connectivity index (χ3v) is 2.42. The Kier molecular flexibility index (Phi) is 1.58. The van der Waals surface area contributed by atoms with Gasteiger partial charge in [0, 0.05) is 6.20 Å². The molecule has 0 radical (unpaired) electrons. The summed E-state index contributed by atoms with van der Waals surface area (Å²) in [5.74, 6) is 0. The molecule has 0 bridgehead atoms. The molecular formula is C7H5BrN2S. The topological polar surface area (TPSA) is 20.2 Å². The maximum atomic E-state index is 5.05. The van der Waals surface area contributed by atoms with Crippen molar-refractivity contribution in [3.63, 3.8) is 0 Å². The summed E-state index contributed by atoms with van der Waals surface area (Å²) in [6.45, 7) is 0. The Morgan fingerprint density at radius 2 is 2.27 bits per heavy atom. The number of hydrogen-bond acceptors (Lipinski definition) is 1. The average Bonchev–Trinajstić information content (AvgIpc) is 2.30. The second-order valence-electron chi connectivity index (χ2n) is 2.20. The van der Waals surface area contributed by atoms with E-state index in [-0.39, 0.29) is 0 Å². The molecule has 0 fully saturated rings. The first-order valence-electron chi connectivity index (χ1n) is 3.14. The van der Waals surface area contributed by atoms with Gasteiger partial charge in [0.05, 0.1) is 5.52 Å². The second-order valence-corrected chi connectivity index (χ2v) is 3.38. The van der Waals surface area contributed by atoms with Crippen molar-refractivity contribution in [1.82, 2.24) is 9.38 Å². The van der Waals surface area contributed by atoms with Crippen molar-refractivity contribution in [2.75, 3.05) is 0 Å². The third-order valence-electron chi connectivity index (χ3n) is 1.52. The number of nitrogens with zero attached hydrogens (tertiary/aromatic N) is 1. The van der Waals surface area contributed by atoms with Gasteiger partial charge in [-0.25, -0.2) is 0 Å². The summed E-state index contributed by atoms with van der Waals surface area (Å²) in [6.07, 6.45) is 1.93. The molecule has 0 aliphatic carbocycles. The van der Waals surface area contributed by atoms with Crippen molar-refractivity contribution in [2.24, 2.45) is 0 Å². The lowest BCUT2D eigenvalue weighted by atomic mass is 10.4. The standard InChI is InChI=1S/C7H5BrN2S/c8-6-5-3-1-2-4-10(5)7(11)9-6/h1-4H,(H,9,11). The monoisotopic (exact) mass is 228 g/mol. The van der Waals surface area contributed by atoms with Gasteiger partial charge in [-0.1, -0.05) is 6.07 Å². The van der Waals surface area contributed by atoms with Gasteiger partial charge in [0.1, 0.15) is 4.60 Å². The van der Waals surface area contributed by atoms with Gasteiger partial charge in [0.2, 0.25) is 0 Å². The molecule has 56 valence electrons. The molecule has 2 aromatic heterocycles. The van der Waals surface area contributed by atoms with Crippen molar-refractivity contribution < 1.29 is 0 Å². The molecule has 0 saturated heterocycles. The molecule has 2 nitrogen and oxygen atoms in total. The lowest BCUT2D eigenvalue weighted by Crippen LogP contribution is -1.79. The van der Waals surface area contributed by atoms with Crippen LogP contribution in [0.5, 0.6) is 0 Å². The maximum Gasteiger partial charge on any atom is 0.182 e. The number of hydrogen-bond donors (Lipinski definition) is 1. The Morgan fingerprint density at radius 1 is 1.45 bits per heavy atom. The lowest BCUT2D eigenvalue weighted by Gasteiger charge is -1.89. The molecule has 0 saturated carbocycles. The highest BCUT2D eigenvalue weighted by molar-refractivity contribution is 9.10. The van der Waals surface area contributed by atoms with E-state index in [1.54, 1.807) is 0 Å². The van der Waals surface area contributed by atoms with Crippen molar-refractivity contribution in [1.29, 1.82) is 0 Å². The van der Waals surface area contributed by atoms with E-state index < -0.39 is 0 Å². The van der Waals surface area contributed by atoms with E-state index in [1.165, 1.54) is 0 Å². The van der Waals surface area contributed by atoms with Crippen LogP contribution in [0.25, 0.3) is 5.52 Å². The van der Waals surface area contributed by atoms with Crippen LogP contribution in [0.1, 0.15) is 0 Å². The normalized spacial score (nSPS) is 10.6. The first kappa shape index (κ1) is 7.06. The van der Waals surface area contributed by atoms with Gasteiger partial charge in [-0.3, -0.25) is 4.40 Å². The van der Waals surface area contributed by atoms with Crippen molar-refractivity contribution >= 4 is 33.7 Å². The van der Waals surface area contributed by atoms with E-state index in [9.17, 15) is 0 Å². The zero-order valence-corrected chi connectivity index (χ0v) is 7.95. The Labute approximate surface area is 77.0 Å². The summed E-state index contributed by atoms with van der Waals surface area (Å²) in [6, 6.07) is 5.92. The van der Waals surface area contributed by atoms with Crippen molar-refractivity contribution in [3.05, 3.63) is 33.8 Å². The van der Waals surface area contributed by atoms with Crippen molar-refractivity contribution in [2.45, 2.75) is 0 Å². The SMILES string of the molecule is S=c1[nH]c(Br)c2ccccn12. The van der Waals surface area contributed by atoms with Gasteiger partial charge in [0.15, 0.2) is 4.77 Å². The summed E-state index contributed by atoms with van der Waals surface area (Å²) < 4.78 is 3.56. The number of nitrogens with one attached hydrogen (secondary N) is 1.